The van der Waals surface area contributed by atoms with E-state index < -0.39 is 10.5 Å². The number of amides is 1. The van der Waals surface area contributed by atoms with Crippen LogP contribution in [0.4, 0.5) is 11.4 Å². The first-order chi connectivity index (χ1) is 15.0. The van der Waals surface area contributed by atoms with Gasteiger partial charge in [0.05, 0.1) is 16.7 Å². The summed E-state index contributed by atoms with van der Waals surface area (Å²) in [5, 5.41) is 12.7. The molecule has 1 amide bonds. The summed E-state index contributed by atoms with van der Waals surface area (Å²) in [5.74, 6) is 0.471. The zero-order valence-corrected chi connectivity index (χ0v) is 16.9. The van der Waals surface area contributed by atoms with Gasteiger partial charge >= 0.3 is 11.2 Å². The van der Waals surface area contributed by atoms with Crippen LogP contribution >= 0.6 is 0 Å². The van der Waals surface area contributed by atoms with Crippen LogP contribution in [0, 0.1) is 16.0 Å². The summed E-state index contributed by atoms with van der Waals surface area (Å²) in [6, 6.07) is 10.6. The van der Waals surface area contributed by atoms with E-state index in [9.17, 15) is 19.7 Å². The number of anilines is 1. The van der Waals surface area contributed by atoms with E-state index in [1.54, 1.807) is 21.6 Å². The number of rotatable bonds is 5. The molecule has 0 bridgehead atoms. The fourth-order valence-corrected chi connectivity index (χ4v) is 4.29. The SMILES string of the molecule is O=C(c1ccco1)N1CCN(c2c([N+](=O)[O-])c(=O)n(CC3CC3)c3ccccc23)CC1. The molecule has 1 aromatic carbocycles. The third kappa shape index (κ3) is 3.45. The fraction of sp³-hybridized carbons (Fsp3) is 0.364. The molecular weight excluding hydrogens is 400 g/mol. The smallest absolute Gasteiger partial charge is 0.357 e. The number of benzene rings is 1. The number of nitrogens with zero attached hydrogens (tertiary/aromatic N) is 4. The largest absolute Gasteiger partial charge is 0.459 e. The van der Waals surface area contributed by atoms with E-state index in [4.69, 9.17) is 4.42 Å². The lowest BCUT2D eigenvalue weighted by Crippen LogP contribution is -2.49. The Morgan fingerprint density at radius 3 is 2.48 bits per heavy atom. The fourth-order valence-electron chi connectivity index (χ4n) is 4.29. The number of fused-ring (bicyclic) bond motifs is 1. The summed E-state index contributed by atoms with van der Waals surface area (Å²) in [6.45, 7) is 2.06. The third-order valence-electron chi connectivity index (χ3n) is 6.06. The number of aromatic nitrogens is 1. The van der Waals surface area contributed by atoms with Crippen LogP contribution < -0.4 is 10.5 Å². The van der Waals surface area contributed by atoms with E-state index in [1.165, 1.54) is 6.26 Å². The average molecular weight is 422 g/mol. The monoisotopic (exact) mass is 422 g/mol. The Kier molecular flexibility index (Phi) is 4.72. The molecule has 3 heterocycles. The van der Waals surface area contributed by atoms with Gasteiger partial charge in [-0.15, -0.1) is 0 Å². The first-order valence-electron chi connectivity index (χ1n) is 10.4. The predicted molar refractivity (Wildman–Crippen MR) is 114 cm³/mol. The molecule has 2 aromatic heterocycles. The number of nitro groups is 1. The average Bonchev–Trinajstić information content (AvgIpc) is 3.43. The molecule has 31 heavy (non-hydrogen) atoms. The van der Waals surface area contributed by atoms with Crippen molar-refractivity contribution in [1.82, 2.24) is 9.47 Å². The molecule has 0 N–H and O–H groups in total. The zero-order valence-electron chi connectivity index (χ0n) is 16.9. The lowest BCUT2D eigenvalue weighted by molar-refractivity contribution is -0.385. The topological polar surface area (TPSA) is 102 Å². The summed E-state index contributed by atoms with van der Waals surface area (Å²) in [5.41, 5.74) is 0.127. The quantitative estimate of drug-likeness (QED) is 0.463. The van der Waals surface area contributed by atoms with Gasteiger partial charge in [-0.1, -0.05) is 18.2 Å². The highest BCUT2D eigenvalue weighted by Crippen LogP contribution is 2.36. The molecule has 160 valence electrons. The number of carbonyl (C=O) groups is 1. The van der Waals surface area contributed by atoms with Gasteiger partial charge in [0.2, 0.25) is 0 Å². The Balaban J connectivity index is 1.52. The molecule has 0 atom stereocenters. The number of pyridine rings is 1. The number of piperazine rings is 1. The lowest BCUT2D eigenvalue weighted by atomic mass is 10.1. The standard InChI is InChI=1S/C22H22N4O5/c27-21(18-6-3-13-31-18)24-11-9-23(10-12-24)19-16-4-1-2-5-17(16)25(14-15-7-8-15)22(28)20(19)26(29)30/h1-6,13,15H,7-12,14H2. The number of hydrogen-bond donors (Lipinski definition) is 0. The maximum absolute atomic E-state index is 13.2. The van der Waals surface area contributed by atoms with Crippen molar-refractivity contribution in [2.75, 3.05) is 31.1 Å². The van der Waals surface area contributed by atoms with Crippen LogP contribution in [0.25, 0.3) is 10.9 Å². The van der Waals surface area contributed by atoms with Crippen LogP contribution in [0.15, 0.2) is 51.9 Å². The molecule has 0 radical (unpaired) electrons. The molecular formula is C22H22N4O5. The van der Waals surface area contributed by atoms with E-state index in [0.717, 1.165) is 12.8 Å². The van der Waals surface area contributed by atoms with Gasteiger partial charge in [0.1, 0.15) is 5.69 Å². The van der Waals surface area contributed by atoms with E-state index in [0.29, 0.717) is 55.2 Å². The second-order valence-electron chi connectivity index (χ2n) is 8.09. The van der Waals surface area contributed by atoms with Crippen molar-refractivity contribution in [2.45, 2.75) is 19.4 Å². The second-order valence-corrected chi connectivity index (χ2v) is 8.09. The van der Waals surface area contributed by atoms with Crippen molar-refractivity contribution in [3.63, 3.8) is 0 Å². The van der Waals surface area contributed by atoms with Crippen molar-refractivity contribution >= 4 is 28.2 Å². The predicted octanol–water partition coefficient (Wildman–Crippen LogP) is 2.88. The summed E-state index contributed by atoms with van der Waals surface area (Å²) < 4.78 is 6.76. The highest BCUT2D eigenvalue weighted by Gasteiger charge is 2.33. The molecule has 0 unspecified atom stereocenters. The van der Waals surface area contributed by atoms with Crippen LogP contribution in [-0.4, -0.2) is 46.5 Å². The number of carbonyl (C=O) groups excluding carboxylic acids is 1. The van der Waals surface area contributed by atoms with Crippen LogP contribution in [0.3, 0.4) is 0 Å². The lowest BCUT2D eigenvalue weighted by Gasteiger charge is -2.36. The molecule has 1 saturated carbocycles. The van der Waals surface area contributed by atoms with E-state index in [-0.39, 0.29) is 17.4 Å². The van der Waals surface area contributed by atoms with Crippen LogP contribution in [0.1, 0.15) is 23.4 Å². The molecule has 2 fully saturated rings. The van der Waals surface area contributed by atoms with E-state index in [2.05, 4.69) is 0 Å². The molecule has 2 aliphatic rings. The van der Waals surface area contributed by atoms with Crippen molar-refractivity contribution in [3.8, 4) is 0 Å². The Labute approximate surface area is 177 Å². The molecule has 1 aliphatic carbocycles. The van der Waals surface area contributed by atoms with Crippen molar-refractivity contribution in [3.05, 3.63) is 68.9 Å². The maximum atomic E-state index is 13.2. The molecule has 1 aliphatic heterocycles. The van der Waals surface area contributed by atoms with E-state index >= 15 is 0 Å². The van der Waals surface area contributed by atoms with Gasteiger partial charge in [0.15, 0.2) is 5.76 Å². The van der Waals surface area contributed by atoms with Crippen molar-refractivity contribution in [2.24, 2.45) is 5.92 Å². The van der Waals surface area contributed by atoms with Crippen molar-refractivity contribution in [1.29, 1.82) is 0 Å². The van der Waals surface area contributed by atoms with Gasteiger partial charge in [-0.2, -0.15) is 0 Å². The Hall–Kier alpha value is -3.62. The molecule has 5 rings (SSSR count). The first kappa shape index (κ1) is 19.3. The Morgan fingerprint density at radius 1 is 1.10 bits per heavy atom. The summed E-state index contributed by atoms with van der Waals surface area (Å²) >= 11 is 0. The maximum Gasteiger partial charge on any atom is 0.357 e. The molecule has 9 heteroatoms. The Bertz CT molecular complexity index is 1200. The number of hydrogen-bond acceptors (Lipinski definition) is 6. The van der Waals surface area contributed by atoms with Gasteiger partial charge in [0.25, 0.3) is 5.91 Å². The van der Waals surface area contributed by atoms with Crippen LogP contribution in [0.2, 0.25) is 0 Å². The van der Waals surface area contributed by atoms with Crippen molar-refractivity contribution < 1.29 is 14.1 Å². The Morgan fingerprint density at radius 2 is 1.84 bits per heavy atom. The van der Waals surface area contributed by atoms with Crippen LogP contribution in [0.5, 0.6) is 0 Å². The molecule has 0 spiro atoms. The molecule has 1 saturated heterocycles. The summed E-state index contributed by atoms with van der Waals surface area (Å²) in [6.07, 6.45) is 3.54. The highest BCUT2D eigenvalue weighted by molar-refractivity contribution is 5.97. The van der Waals surface area contributed by atoms with Gasteiger partial charge in [-0.05, 0) is 37.0 Å². The molecule has 3 aromatic rings. The normalized spacial score (nSPS) is 16.6. The first-order valence-corrected chi connectivity index (χ1v) is 10.4. The van der Waals surface area contributed by atoms with Gasteiger partial charge < -0.3 is 18.8 Å². The highest BCUT2D eigenvalue weighted by atomic mass is 16.6. The summed E-state index contributed by atoms with van der Waals surface area (Å²) in [7, 11) is 0. The minimum absolute atomic E-state index is 0.205. The minimum atomic E-state index is -0.562. The molecule has 9 nitrogen and oxygen atoms in total. The number of furan rings is 1. The van der Waals surface area contributed by atoms with E-state index in [1.807, 2.05) is 29.2 Å². The zero-order chi connectivity index (χ0) is 21.5. The second kappa shape index (κ2) is 7.57. The van der Waals surface area contributed by atoms with Gasteiger partial charge in [-0.3, -0.25) is 19.7 Å². The minimum Gasteiger partial charge on any atom is -0.459 e. The van der Waals surface area contributed by atoms with Gasteiger partial charge in [0, 0.05) is 38.1 Å². The van der Waals surface area contributed by atoms with Crippen LogP contribution in [-0.2, 0) is 6.54 Å². The number of para-hydroxylation sites is 1. The van der Waals surface area contributed by atoms with Gasteiger partial charge in [-0.25, -0.2) is 0 Å². The third-order valence-corrected chi connectivity index (χ3v) is 6.06. The summed E-state index contributed by atoms with van der Waals surface area (Å²) in [4.78, 5) is 40.7.